The molecule has 0 spiro atoms. The molecule has 10 unspecified atom stereocenters. The summed E-state index contributed by atoms with van der Waals surface area (Å²) in [5, 5.41) is 21.2. The smallest absolute Gasteiger partial charge is 0.331 e. The minimum Gasteiger partial charge on any atom is -0.456 e. The lowest BCUT2D eigenvalue weighted by Crippen LogP contribution is -2.70. The van der Waals surface area contributed by atoms with Gasteiger partial charge in [0.2, 0.25) is 0 Å². The molecule has 0 aromatic heterocycles. The second kappa shape index (κ2) is 16.0. The van der Waals surface area contributed by atoms with Gasteiger partial charge in [0.05, 0.1) is 108 Å². The number of rotatable bonds is 3. The van der Waals surface area contributed by atoms with Gasteiger partial charge in [-0.1, -0.05) is 26.0 Å². The molecular formula is C50H74O14. The summed E-state index contributed by atoms with van der Waals surface area (Å²) in [6.07, 6.45) is 9.96. The number of hydrogen-bond donors (Lipinski definition) is 2. The largest absolute Gasteiger partial charge is 0.456 e. The third kappa shape index (κ3) is 7.54. The van der Waals surface area contributed by atoms with Gasteiger partial charge >= 0.3 is 5.97 Å². The molecule has 2 N–H and O–H groups in total. The van der Waals surface area contributed by atoms with Crippen LogP contribution in [0.3, 0.4) is 0 Å². The lowest BCUT2D eigenvalue weighted by atomic mass is 9.72. The number of aliphatic hydroxyl groups is 2. The third-order valence-corrected chi connectivity index (χ3v) is 18.1. The molecule has 11 rings (SSSR count). The monoisotopic (exact) mass is 899 g/mol. The highest BCUT2D eigenvalue weighted by atomic mass is 16.7. The van der Waals surface area contributed by atoms with Gasteiger partial charge in [-0.3, -0.25) is 0 Å². The van der Waals surface area contributed by atoms with Crippen LogP contribution in [0, 0.1) is 11.8 Å². The highest BCUT2D eigenvalue weighted by molar-refractivity contribution is 5.84. The van der Waals surface area contributed by atoms with Crippen molar-refractivity contribution in [2.75, 3.05) is 6.61 Å². The van der Waals surface area contributed by atoms with Crippen molar-refractivity contribution in [1.82, 2.24) is 0 Å². The zero-order chi connectivity index (χ0) is 44.7. The molecule has 0 saturated carbocycles. The molecule has 9 saturated heterocycles. The van der Waals surface area contributed by atoms with E-state index in [2.05, 4.69) is 46.8 Å². The summed E-state index contributed by atoms with van der Waals surface area (Å²) >= 11 is 0. The van der Waals surface area contributed by atoms with Crippen LogP contribution in [-0.4, -0.2) is 155 Å². The molecule has 14 nitrogen and oxygen atoms in total. The number of carbonyl (C=O) groups is 1. The van der Waals surface area contributed by atoms with Crippen LogP contribution in [0.15, 0.2) is 23.8 Å². The number of carbonyl (C=O) groups excluding carboxylic acids is 1. The van der Waals surface area contributed by atoms with E-state index in [0.29, 0.717) is 57.8 Å². The van der Waals surface area contributed by atoms with E-state index in [0.717, 1.165) is 24.8 Å². The second-order valence-corrected chi connectivity index (χ2v) is 23.2. The zero-order valence-corrected chi connectivity index (χ0v) is 39.2. The molecule has 64 heavy (non-hydrogen) atoms. The first-order valence-electron chi connectivity index (χ1n) is 24.9. The number of fused-ring (bicyclic) bond motifs is 10. The normalized spacial score (nSPS) is 57.6. The average molecular weight is 899 g/mol. The maximum absolute atomic E-state index is 12.3. The van der Waals surface area contributed by atoms with Crippen molar-refractivity contribution >= 4 is 5.97 Å². The quantitative estimate of drug-likeness (QED) is 0.276. The number of aliphatic hydroxyl groups excluding tert-OH is 2. The standard InChI is InChI=1S/C50H74O14/c1-25(24-51)14-28-17-37(52)50(8)41(54-28)19-33-34(61-50)18-32-29(55-33)10-9-12-46(4)42(58-32)23-49(7)40(62-46)21-39-47(5,64-49)13-11-30-44(60-39)26(2)15-31-36(56-30)22-48(6)38(57-31)20-35-45(63-48)27(3)16-43(53)59-35/h9-10,16,25-26,28-42,44-45,51-52H,11-15,17-24H2,1-8H3/b10-9-/t25?,26-,28-,29?,30+,31?,32+,33?,34-,35?,36-,37+,38?,39?,40?,41?,42-,44?,45-,46+,47-,48+,49+,50+/m1/s1. The Hall–Kier alpha value is -1.53. The first-order chi connectivity index (χ1) is 30.4. The van der Waals surface area contributed by atoms with Gasteiger partial charge in [0.15, 0.2) is 0 Å². The second-order valence-electron chi connectivity index (χ2n) is 23.2. The first kappa shape index (κ1) is 44.9. The third-order valence-electron chi connectivity index (χ3n) is 18.1. The molecule has 11 aliphatic heterocycles. The molecule has 0 aromatic rings. The average Bonchev–Trinajstić information content (AvgIpc) is 3.43. The van der Waals surface area contributed by atoms with E-state index < -0.39 is 34.1 Å². The Morgan fingerprint density at radius 1 is 0.703 bits per heavy atom. The van der Waals surface area contributed by atoms with Crippen molar-refractivity contribution in [3.63, 3.8) is 0 Å². The van der Waals surface area contributed by atoms with E-state index in [4.69, 9.17) is 52.1 Å². The van der Waals surface area contributed by atoms with E-state index in [1.807, 2.05) is 20.8 Å². The fourth-order valence-electron chi connectivity index (χ4n) is 14.2. The van der Waals surface area contributed by atoms with Gasteiger partial charge in [-0.15, -0.1) is 0 Å². The molecule has 9 fully saturated rings. The summed E-state index contributed by atoms with van der Waals surface area (Å²) in [6.45, 7) is 17.0. The van der Waals surface area contributed by atoms with Gasteiger partial charge in [0, 0.05) is 57.6 Å². The van der Waals surface area contributed by atoms with Crippen LogP contribution in [0.1, 0.15) is 132 Å². The Labute approximate surface area is 378 Å². The topological polar surface area (TPSA) is 159 Å². The Morgan fingerprint density at radius 3 is 2.28 bits per heavy atom. The van der Waals surface area contributed by atoms with Gasteiger partial charge in [0.25, 0.3) is 0 Å². The highest BCUT2D eigenvalue weighted by Gasteiger charge is 2.64. The summed E-state index contributed by atoms with van der Waals surface area (Å²) in [5.41, 5.74) is -2.31. The molecule has 11 aliphatic rings. The van der Waals surface area contributed by atoms with Gasteiger partial charge in [-0.2, -0.15) is 0 Å². The summed E-state index contributed by atoms with van der Waals surface area (Å²) in [5.74, 6) is -0.0407. The van der Waals surface area contributed by atoms with Crippen LogP contribution < -0.4 is 0 Å². The van der Waals surface area contributed by atoms with Crippen molar-refractivity contribution in [3.05, 3.63) is 23.8 Å². The summed E-state index contributed by atoms with van der Waals surface area (Å²) < 4.78 is 75.9. The van der Waals surface area contributed by atoms with Crippen LogP contribution in [0.5, 0.6) is 0 Å². The van der Waals surface area contributed by atoms with Crippen LogP contribution in [0.2, 0.25) is 0 Å². The van der Waals surface area contributed by atoms with E-state index in [1.54, 1.807) is 6.08 Å². The lowest BCUT2D eigenvalue weighted by molar-refractivity contribution is -0.356. The molecule has 0 radical (unpaired) electrons. The molecule has 24 atom stereocenters. The fourth-order valence-corrected chi connectivity index (χ4v) is 14.2. The first-order valence-corrected chi connectivity index (χ1v) is 24.9. The molecule has 358 valence electrons. The highest BCUT2D eigenvalue weighted by Crippen LogP contribution is 2.55. The molecular weight excluding hydrogens is 825 g/mol. The van der Waals surface area contributed by atoms with Gasteiger partial charge in [-0.05, 0) is 91.1 Å². The Morgan fingerprint density at radius 2 is 1.47 bits per heavy atom. The van der Waals surface area contributed by atoms with Crippen LogP contribution in [0.25, 0.3) is 0 Å². The van der Waals surface area contributed by atoms with Crippen molar-refractivity contribution in [2.24, 2.45) is 11.8 Å². The van der Waals surface area contributed by atoms with Crippen LogP contribution in [0.4, 0.5) is 0 Å². The van der Waals surface area contributed by atoms with Crippen molar-refractivity contribution in [1.29, 1.82) is 0 Å². The number of hydrogen-bond acceptors (Lipinski definition) is 14. The van der Waals surface area contributed by atoms with E-state index in [1.165, 1.54) is 0 Å². The van der Waals surface area contributed by atoms with Crippen LogP contribution >= 0.6 is 0 Å². The van der Waals surface area contributed by atoms with Crippen molar-refractivity contribution < 1.29 is 67.1 Å². The summed E-state index contributed by atoms with van der Waals surface area (Å²) in [7, 11) is 0. The molecule has 14 heteroatoms. The van der Waals surface area contributed by atoms with E-state index in [9.17, 15) is 15.0 Å². The molecule has 11 heterocycles. The Balaban J connectivity index is 0.775. The maximum Gasteiger partial charge on any atom is 0.331 e. The van der Waals surface area contributed by atoms with Crippen LogP contribution in [-0.2, 0) is 56.9 Å². The molecule has 0 aliphatic carbocycles. The molecule has 0 amide bonds. The maximum atomic E-state index is 12.3. The number of ether oxygens (including phenoxy) is 11. The Kier molecular flexibility index (Phi) is 11.2. The summed E-state index contributed by atoms with van der Waals surface area (Å²) in [4.78, 5) is 12.3. The SMILES string of the molecule is CC1=CC(=O)OC2CC3OC4C[C@@H](C)C5OC6CC7O[C@@]8(C)C/C=C\C9OC%10CC%11O[C@H](CC(C)CO)C[C@H](O)[C@]%11(C)O[C@@H]%10C[C@@H]9O[C@@H]8C[C@]7(C)O[C@]6(C)CC[C@@H]5O[C@@H]4C[C@]3(C)O[C@H]12. The van der Waals surface area contributed by atoms with Crippen molar-refractivity contribution in [2.45, 2.75) is 264 Å². The predicted molar refractivity (Wildman–Crippen MR) is 229 cm³/mol. The Bertz CT molecular complexity index is 1860. The minimum absolute atomic E-state index is 0.0936. The molecule has 0 aromatic carbocycles. The van der Waals surface area contributed by atoms with Crippen molar-refractivity contribution in [3.8, 4) is 0 Å². The van der Waals surface area contributed by atoms with Gasteiger partial charge < -0.3 is 62.3 Å². The fraction of sp³-hybridized carbons (Fsp3) is 0.900. The molecule has 0 bridgehead atoms. The zero-order valence-electron chi connectivity index (χ0n) is 39.2. The van der Waals surface area contributed by atoms with E-state index in [-0.39, 0.29) is 122 Å². The van der Waals surface area contributed by atoms with Gasteiger partial charge in [0.1, 0.15) is 23.9 Å². The van der Waals surface area contributed by atoms with Gasteiger partial charge in [-0.25, -0.2) is 4.79 Å². The number of esters is 1. The minimum atomic E-state index is -0.856. The van der Waals surface area contributed by atoms with E-state index >= 15 is 0 Å². The lowest BCUT2D eigenvalue weighted by Gasteiger charge is -2.60. The summed E-state index contributed by atoms with van der Waals surface area (Å²) in [6, 6.07) is 0. The predicted octanol–water partition coefficient (Wildman–Crippen LogP) is 5.35.